The summed E-state index contributed by atoms with van der Waals surface area (Å²) in [5.74, 6) is 4.25. The molecule has 20 heavy (non-hydrogen) atoms. The lowest BCUT2D eigenvalue weighted by Crippen LogP contribution is -2.43. The summed E-state index contributed by atoms with van der Waals surface area (Å²) in [5.41, 5.74) is 2.32. The van der Waals surface area contributed by atoms with Crippen LogP contribution in [0.5, 0.6) is 0 Å². The highest BCUT2D eigenvalue weighted by Gasteiger charge is 2.25. The molecule has 0 saturated heterocycles. The molecule has 5 N–H and O–H groups in total. The second-order valence-electron chi connectivity index (χ2n) is 5.09. The van der Waals surface area contributed by atoms with Crippen LogP contribution in [0.15, 0.2) is 18.2 Å². The summed E-state index contributed by atoms with van der Waals surface area (Å²) in [6, 6.07) is 3.89. The molecular formula is C14H20FN3O2. The number of carbonyl (C=O) groups is 1. The Morgan fingerprint density at radius 1 is 1.30 bits per heavy atom. The van der Waals surface area contributed by atoms with E-state index in [9.17, 15) is 14.3 Å². The maximum absolute atomic E-state index is 13.6. The first-order chi connectivity index (χ1) is 9.63. The summed E-state index contributed by atoms with van der Waals surface area (Å²) in [5, 5.41) is 12.8. The van der Waals surface area contributed by atoms with Gasteiger partial charge in [-0.1, -0.05) is 25.3 Å². The van der Waals surface area contributed by atoms with Gasteiger partial charge >= 0.3 is 0 Å². The average Bonchev–Trinajstić information content (AvgIpc) is 2.64. The molecule has 110 valence electrons. The van der Waals surface area contributed by atoms with Crippen molar-refractivity contribution in [1.82, 2.24) is 5.32 Å². The Morgan fingerprint density at radius 3 is 2.80 bits per heavy atom. The van der Waals surface area contributed by atoms with Gasteiger partial charge in [0, 0.05) is 0 Å². The van der Waals surface area contributed by atoms with Crippen LogP contribution in [0.1, 0.15) is 42.5 Å². The van der Waals surface area contributed by atoms with Gasteiger partial charge in [-0.25, -0.2) is 4.39 Å². The number of nitrogens with two attached hydrogens (primary N) is 1. The molecule has 0 spiro atoms. The van der Waals surface area contributed by atoms with Gasteiger partial charge in [-0.3, -0.25) is 10.6 Å². The van der Waals surface area contributed by atoms with Crippen molar-refractivity contribution in [3.05, 3.63) is 29.6 Å². The molecule has 1 fully saturated rings. The highest BCUT2D eigenvalue weighted by Crippen LogP contribution is 2.21. The van der Waals surface area contributed by atoms with Gasteiger partial charge < -0.3 is 15.8 Å². The van der Waals surface area contributed by atoms with E-state index in [1.165, 1.54) is 18.2 Å². The Labute approximate surface area is 117 Å². The number of aliphatic hydroxyl groups is 1. The molecule has 1 aliphatic rings. The van der Waals surface area contributed by atoms with Crippen molar-refractivity contribution >= 4 is 11.6 Å². The molecule has 0 aromatic heterocycles. The zero-order chi connectivity index (χ0) is 14.5. The third kappa shape index (κ3) is 3.26. The molecule has 1 aliphatic carbocycles. The number of nitrogen functional groups attached to an aromatic ring is 1. The zero-order valence-electron chi connectivity index (χ0n) is 11.2. The minimum absolute atomic E-state index is 0.0342. The first kappa shape index (κ1) is 14.7. The summed E-state index contributed by atoms with van der Waals surface area (Å²) in [6.07, 6.45) is 3.84. The van der Waals surface area contributed by atoms with Gasteiger partial charge in [0.25, 0.3) is 5.91 Å². The molecule has 1 aromatic carbocycles. The first-order valence-electron chi connectivity index (χ1n) is 6.87. The number of benzene rings is 1. The number of para-hydroxylation sites is 1. The maximum Gasteiger partial charge on any atom is 0.253 e. The summed E-state index contributed by atoms with van der Waals surface area (Å²) in [6.45, 7) is 0. The number of hydrogen-bond donors (Lipinski definition) is 4. The van der Waals surface area contributed by atoms with E-state index in [2.05, 4.69) is 10.7 Å². The number of carbonyl (C=O) groups excluding carboxylic acids is 1. The minimum atomic E-state index is -0.582. The van der Waals surface area contributed by atoms with Crippen molar-refractivity contribution in [2.45, 2.75) is 44.2 Å². The smallest absolute Gasteiger partial charge is 0.253 e. The van der Waals surface area contributed by atoms with Crippen molar-refractivity contribution < 1.29 is 14.3 Å². The Balaban J connectivity index is 2.13. The van der Waals surface area contributed by atoms with E-state index < -0.39 is 17.8 Å². The van der Waals surface area contributed by atoms with Gasteiger partial charge in [-0.05, 0) is 25.0 Å². The normalized spacial score (nSPS) is 22.9. The molecule has 0 bridgehead atoms. The molecule has 2 unspecified atom stereocenters. The van der Waals surface area contributed by atoms with E-state index in [0.29, 0.717) is 6.42 Å². The van der Waals surface area contributed by atoms with Crippen molar-refractivity contribution in [3.63, 3.8) is 0 Å². The molecule has 0 aliphatic heterocycles. The Morgan fingerprint density at radius 2 is 2.05 bits per heavy atom. The molecule has 1 amide bonds. The Bertz CT molecular complexity index is 481. The average molecular weight is 281 g/mol. The van der Waals surface area contributed by atoms with Crippen LogP contribution >= 0.6 is 0 Å². The molecule has 1 saturated carbocycles. The molecule has 2 atom stereocenters. The number of aliphatic hydroxyl groups excluding tert-OH is 1. The summed E-state index contributed by atoms with van der Waals surface area (Å²) < 4.78 is 13.6. The van der Waals surface area contributed by atoms with Crippen molar-refractivity contribution in [2.75, 3.05) is 5.43 Å². The van der Waals surface area contributed by atoms with E-state index in [1.54, 1.807) is 0 Å². The van der Waals surface area contributed by atoms with E-state index >= 15 is 0 Å². The highest BCUT2D eigenvalue weighted by molar-refractivity contribution is 5.99. The maximum atomic E-state index is 13.6. The predicted molar refractivity (Wildman–Crippen MR) is 74.6 cm³/mol. The third-order valence-corrected chi connectivity index (χ3v) is 3.70. The van der Waals surface area contributed by atoms with Gasteiger partial charge in [0.05, 0.1) is 23.4 Å². The number of anilines is 1. The molecule has 0 heterocycles. The van der Waals surface area contributed by atoms with Crippen LogP contribution in [-0.2, 0) is 0 Å². The largest absolute Gasteiger partial charge is 0.391 e. The van der Waals surface area contributed by atoms with E-state index in [4.69, 9.17) is 5.84 Å². The molecule has 6 heteroatoms. The third-order valence-electron chi connectivity index (χ3n) is 3.70. The topological polar surface area (TPSA) is 87.4 Å². The molecule has 1 aromatic rings. The lowest BCUT2D eigenvalue weighted by atomic mass is 10.0. The van der Waals surface area contributed by atoms with Crippen LogP contribution in [-0.4, -0.2) is 23.2 Å². The number of rotatable bonds is 3. The Hall–Kier alpha value is -1.66. The van der Waals surface area contributed by atoms with E-state index in [0.717, 1.165) is 25.7 Å². The summed E-state index contributed by atoms with van der Waals surface area (Å²) >= 11 is 0. The van der Waals surface area contributed by atoms with Gasteiger partial charge in [0.2, 0.25) is 0 Å². The van der Waals surface area contributed by atoms with Crippen LogP contribution in [0.4, 0.5) is 10.1 Å². The number of hydrogen-bond acceptors (Lipinski definition) is 4. The lowest BCUT2D eigenvalue weighted by Gasteiger charge is -2.22. The monoisotopic (exact) mass is 281 g/mol. The zero-order valence-corrected chi connectivity index (χ0v) is 11.2. The summed E-state index contributed by atoms with van der Waals surface area (Å²) in [4.78, 5) is 12.2. The predicted octanol–water partition coefficient (Wildman–Crippen LogP) is 1.53. The molecular weight excluding hydrogens is 261 g/mol. The second kappa shape index (κ2) is 6.67. The SMILES string of the molecule is NNc1c(F)cccc1C(=O)NC1CCCCCC1O. The van der Waals surface area contributed by atoms with Crippen LogP contribution in [0.3, 0.4) is 0 Å². The van der Waals surface area contributed by atoms with Crippen LogP contribution in [0.25, 0.3) is 0 Å². The van der Waals surface area contributed by atoms with E-state index in [-0.39, 0.29) is 17.3 Å². The second-order valence-corrected chi connectivity index (χ2v) is 5.09. The Kier molecular flexibility index (Phi) is 4.92. The van der Waals surface area contributed by atoms with Crippen molar-refractivity contribution in [3.8, 4) is 0 Å². The van der Waals surface area contributed by atoms with E-state index in [1.807, 2.05) is 0 Å². The molecule has 0 radical (unpaired) electrons. The fourth-order valence-electron chi connectivity index (χ4n) is 2.56. The van der Waals surface area contributed by atoms with Crippen molar-refractivity contribution in [1.29, 1.82) is 0 Å². The lowest BCUT2D eigenvalue weighted by molar-refractivity contribution is 0.0819. The van der Waals surface area contributed by atoms with Gasteiger partial charge in [0.1, 0.15) is 5.82 Å². The minimum Gasteiger partial charge on any atom is -0.391 e. The van der Waals surface area contributed by atoms with Crippen LogP contribution < -0.4 is 16.6 Å². The standard InChI is InChI=1S/C14H20FN3O2/c15-10-6-4-5-9(13(10)18-16)14(20)17-11-7-2-1-3-8-12(11)19/h4-6,11-12,18-19H,1-3,7-8,16H2,(H,17,20). The van der Waals surface area contributed by atoms with Gasteiger partial charge in [-0.2, -0.15) is 0 Å². The van der Waals surface area contributed by atoms with Crippen LogP contribution in [0.2, 0.25) is 0 Å². The van der Waals surface area contributed by atoms with Crippen LogP contribution in [0, 0.1) is 5.82 Å². The molecule has 2 rings (SSSR count). The highest BCUT2D eigenvalue weighted by atomic mass is 19.1. The quantitative estimate of drug-likeness (QED) is 0.384. The first-order valence-corrected chi connectivity index (χ1v) is 6.87. The van der Waals surface area contributed by atoms with Crippen molar-refractivity contribution in [2.24, 2.45) is 5.84 Å². The van der Waals surface area contributed by atoms with Gasteiger partial charge in [-0.15, -0.1) is 0 Å². The number of halogens is 1. The fourth-order valence-corrected chi connectivity index (χ4v) is 2.56. The fraction of sp³-hybridized carbons (Fsp3) is 0.500. The summed E-state index contributed by atoms with van der Waals surface area (Å²) in [7, 11) is 0. The molecule has 5 nitrogen and oxygen atoms in total. The number of amides is 1. The van der Waals surface area contributed by atoms with Gasteiger partial charge in [0.15, 0.2) is 0 Å². The number of hydrazine groups is 1. The number of nitrogens with one attached hydrogen (secondary N) is 2.